The van der Waals surface area contributed by atoms with Crippen LogP contribution in [0.25, 0.3) is 17.0 Å². The van der Waals surface area contributed by atoms with E-state index in [1.807, 2.05) is 49.5 Å². The lowest BCUT2D eigenvalue weighted by molar-refractivity contribution is -0.138. The molecule has 0 unspecified atom stereocenters. The van der Waals surface area contributed by atoms with Gasteiger partial charge in [-0.3, -0.25) is 0 Å². The molecule has 0 spiro atoms. The maximum absolute atomic E-state index is 12.4. The molecule has 0 saturated carbocycles. The van der Waals surface area contributed by atoms with Crippen molar-refractivity contribution in [3.8, 4) is 0 Å². The molecule has 3 aromatic rings. The quantitative estimate of drug-likeness (QED) is 0.514. The first-order chi connectivity index (χ1) is 12.2. The van der Waals surface area contributed by atoms with Crippen molar-refractivity contribution < 1.29 is 9.53 Å². The number of aromatic amines is 1. The zero-order chi connectivity index (χ0) is 17.6. The summed E-state index contributed by atoms with van der Waals surface area (Å²) in [5.74, 6) is -0.257. The fraction of sp³-hybridized carbons (Fsp3) is 0.227. The first kappa shape index (κ1) is 17.0. The van der Waals surface area contributed by atoms with Crippen LogP contribution in [0.2, 0.25) is 0 Å². The molecule has 1 aromatic heterocycles. The highest BCUT2D eigenvalue weighted by molar-refractivity contribution is 5.95. The van der Waals surface area contributed by atoms with Gasteiger partial charge in [-0.1, -0.05) is 55.5 Å². The first-order valence-electron chi connectivity index (χ1n) is 8.73. The number of esters is 1. The van der Waals surface area contributed by atoms with E-state index in [4.69, 9.17) is 4.74 Å². The Morgan fingerprint density at radius 1 is 1.04 bits per heavy atom. The van der Waals surface area contributed by atoms with E-state index in [9.17, 15) is 4.79 Å². The summed E-state index contributed by atoms with van der Waals surface area (Å²) in [5, 5.41) is 1.17. The number of hydrogen-bond donors (Lipinski definition) is 1. The van der Waals surface area contributed by atoms with Gasteiger partial charge in [0.05, 0.1) is 6.61 Å². The minimum Gasteiger partial charge on any atom is -0.463 e. The van der Waals surface area contributed by atoms with Crippen molar-refractivity contribution in [2.45, 2.75) is 26.7 Å². The summed E-state index contributed by atoms with van der Waals surface area (Å²) in [7, 11) is 0. The van der Waals surface area contributed by atoms with Crippen molar-refractivity contribution in [1.29, 1.82) is 0 Å². The predicted octanol–water partition coefficient (Wildman–Crippen LogP) is 4.92. The highest BCUT2D eigenvalue weighted by Crippen LogP contribution is 2.25. The number of carbonyl (C=O) groups excluding carboxylic acids is 1. The van der Waals surface area contributed by atoms with E-state index in [0.29, 0.717) is 18.6 Å². The number of ether oxygens (including phenoxy) is 1. The minimum absolute atomic E-state index is 0.257. The van der Waals surface area contributed by atoms with Crippen molar-refractivity contribution >= 4 is 22.9 Å². The summed E-state index contributed by atoms with van der Waals surface area (Å²) in [6, 6.07) is 16.2. The Balaban J connectivity index is 1.98. The van der Waals surface area contributed by atoms with Gasteiger partial charge in [-0.2, -0.15) is 0 Å². The van der Waals surface area contributed by atoms with Crippen LogP contribution in [0, 0.1) is 0 Å². The smallest absolute Gasteiger partial charge is 0.334 e. The second-order valence-electron chi connectivity index (χ2n) is 5.98. The van der Waals surface area contributed by atoms with Gasteiger partial charge in [0.25, 0.3) is 0 Å². The van der Waals surface area contributed by atoms with Crippen molar-refractivity contribution in [2.24, 2.45) is 0 Å². The van der Waals surface area contributed by atoms with Gasteiger partial charge in [-0.25, -0.2) is 4.79 Å². The number of para-hydroxylation sites is 1. The van der Waals surface area contributed by atoms with Crippen molar-refractivity contribution in [1.82, 2.24) is 4.98 Å². The van der Waals surface area contributed by atoms with E-state index in [0.717, 1.165) is 23.1 Å². The summed E-state index contributed by atoms with van der Waals surface area (Å²) < 4.78 is 5.26. The average molecular weight is 333 g/mol. The molecule has 0 atom stereocenters. The van der Waals surface area contributed by atoms with Crippen LogP contribution in [0.4, 0.5) is 0 Å². The van der Waals surface area contributed by atoms with Crippen molar-refractivity contribution in [2.75, 3.05) is 6.61 Å². The molecule has 0 saturated heterocycles. The molecule has 0 amide bonds. The van der Waals surface area contributed by atoms with Crippen LogP contribution in [-0.2, 0) is 22.4 Å². The SMILES string of the molecule is CCOC(=O)/C(=C/c1ccccc1)Cc1c[nH]c2c(CC)cccc12. The third-order valence-electron chi connectivity index (χ3n) is 4.33. The van der Waals surface area contributed by atoms with Crippen LogP contribution in [0.1, 0.15) is 30.5 Å². The Morgan fingerprint density at radius 2 is 1.84 bits per heavy atom. The number of nitrogens with one attached hydrogen (secondary N) is 1. The minimum atomic E-state index is -0.257. The molecule has 0 fully saturated rings. The number of carbonyl (C=O) groups is 1. The Hall–Kier alpha value is -2.81. The number of hydrogen-bond acceptors (Lipinski definition) is 2. The van der Waals surface area contributed by atoms with Gasteiger partial charge in [-0.15, -0.1) is 0 Å². The summed E-state index contributed by atoms with van der Waals surface area (Å²) >= 11 is 0. The zero-order valence-corrected chi connectivity index (χ0v) is 14.7. The van der Waals surface area contributed by atoms with E-state index in [1.165, 1.54) is 10.9 Å². The molecule has 3 rings (SSSR count). The second kappa shape index (κ2) is 7.84. The Kier molecular flexibility index (Phi) is 5.34. The summed E-state index contributed by atoms with van der Waals surface area (Å²) in [4.78, 5) is 15.8. The van der Waals surface area contributed by atoms with E-state index in [-0.39, 0.29) is 5.97 Å². The number of H-pyrrole nitrogens is 1. The van der Waals surface area contributed by atoms with Crippen LogP contribution in [-0.4, -0.2) is 17.6 Å². The highest BCUT2D eigenvalue weighted by Gasteiger charge is 2.15. The molecule has 3 heteroatoms. The predicted molar refractivity (Wildman–Crippen MR) is 102 cm³/mol. The number of fused-ring (bicyclic) bond motifs is 1. The standard InChI is InChI=1S/C22H23NO2/c1-3-17-11-8-12-20-19(15-23-21(17)20)14-18(22(24)25-4-2)13-16-9-6-5-7-10-16/h5-13,15,23H,3-4,14H2,1-2H3/b18-13+. The van der Waals surface area contributed by atoms with E-state index in [1.54, 1.807) is 0 Å². The Bertz CT molecular complexity index is 891. The van der Waals surface area contributed by atoms with Crippen molar-refractivity contribution in [3.63, 3.8) is 0 Å². The molecule has 0 bridgehead atoms. The van der Waals surface area contributed by atoms with Gasteiger partial charge in [0.15, 0.2) is 0 Å². The molecule has 25 heavy (non-hydrogen) atoms. The lowest BCUT2D eigenvalue weighted by atomic mass is 10.0. The fourth-order valence-corrected chi connectivity index (χ4v) is 3.08. The number of aromatic nitrogens is 1. The number of benzene rings is 2. The monoisotopic (exact) mass is 333 g/mol. The largest absolute Gasteiger partial charge is 0.463 e. The summed E-state index contributed by atoms with van der Waals surface area (Å²) in [5.41, 5.74) is 5.22. The third-order valence-corrected chi connectivity index (χ3v) is 4.33. The highest BCUT2D eigenvalue weighted by atomic mass is 16.5. The number of rotatable bonds is 6. The molecule has 0 radical (unpaired) electrons. The normalized spacial score (nSPS) is 11.7. The van der Waals surface area contributed by atoms with Crippen LogP contribution in [0.3, 0.4) is 0 Å². The lowest BCUT2D eigenvalue weighted by Crippen LogP contribution is -2.09. The van der Waals surface area contributed by atoms with Crippen LogP contribution in [0.5, 0.6) is 0 Å². The van der Waals surface area contributed by atoms with Gasteiger partial charge in [0.1, 0.15) is 0 Å². The lowest BCUT2D eigenvalue weighted by Gasteiger charge is -2.07. The molecule has 3 nitrogen and oxygen atoms in total. The van der Waals surface area contributed by atoms with Gasteiger partial charge < -0.3 is 9.72 Å². The van der Waals surface area contributed by atoms with Gasteiger partial charge >= 0.3 is 5.97 Å². The fourth-order valence-electron chi connectivity index (χ4n) is 3.08. The average Bonchev–Trinajstić information content (AvgIpc) is 3.05. The molecule has 0 aliphatic carbocycles. The van der Waals surface area contributed by atoms with Gasteiger partial charge in [0, 0.05) is 29.1 Å². The molecule has 0 aliphatic heterocycles. The maximum atomic E-state index is 12.4. The molecule has 1 heterocycles. The van der Waals surface area contributed by atoms with Crippen LogP contribution >= 0.6 is 0 Å². The molecule has 0 aliphatic rings. The van der Waals surface area contributed by atoms with Crippen LogP contribution < -0.4 is 0 Å². The van der Waals surface area contributed by atoms with E-state index < -0.39 is 0 Å². The topological polar surface area (TPSA) is 42.1 Å². The van der Waals surface area contributed by atoms with E-state index in [2.05, 4.69) is 30.1 Å². The van der Waals surface area contributed by atoms with Crippen LogP contribution in [0.15, 0.2) is 60.3 Å². The maximum Gasteiger partial charge on any atom is 0.334 e. The van der Waals surface area contributed by atoms with Gasteiger partial charge in [-0.05, 0) is 36.1 Å². The van der Waals surface area contributed by atoms with Crippen molar-refractivity contribution in [3.05, 3.63) is 77.0 Å². The summed E-state index contributed by atoms with van der Waals surface area (Å²) in [6.07, 6.45) is 5.44. The first-order valence-corrected chi connectivity index (χ1v) is 8.73. The summed E-state index contributed by atoms with van der Waals surface area (Å²) in [6.45, 7) is 4.35. The number of aryl methyl sites for hydroxylation is 1. The Morgan fingerprint density at radius 3 is 2.56 bits per heavy atom. The van der Waals surface area contributed by atoms with Gasteiger partial charge in [0.2, 0.25) is 0 Å². The third kappa shape index (κ3) is 3.82. The Labute approximate surface area is 148 Å². The van der Waals surface area contributed by atoms with E-state index >= 15 is 0 Å². The zero-order valence-electron chi connectivity index (χ0n) is 14.7. The molecular formula is C22H23NO2. The molecule has 2 aromatic carbocycles. The second-order valence-corrected chi connectivity index (χ2v) is 5.98. The molecule has 1 N–H and O–H groups in total. The molecule has 128 valence electrons. The molecular weight excluding hydrogens is 310 g/mol.